The van der Waals surface area contributed by atoms with Crippen LogP contribution in [0.2, 0.25) is 10.0 Å². The number of hydrogen-bond donors (Lipinski definition) is 0. The number of halogens is 2. The van der Waals surface area contributed by atoms with Crippen LogP contribution in [0.1, 0.15) is 0 Å². The standard InChI is InChI=1S/C46H24Cl2/c47-37-23-24-38(48)46-44(36-22-20-26-10-8-18-30-28-12-2-4-14-32(28)42(36)40(26)30)34-16-6-5-15-33(34)43(45(37)46)35-21-19-25-9-7-17-29-27-11-1-3-13-31(27)41(35)39(25)29/h1-24H. The average molecular weight is 648 g/mol. The fourth-order valence-electron chi connectivity index (χ4n) is 8.84. The zero-order valence-electron chi connectivity index (χ0n) is 25.6. The minimum atomic E-state index is 0.696. The van der Waals surface area contributed by atoms with E-state index in [1.54, 1.807) is 0 Å². The van der Waals surface area contributed by atoms with E-state index in [-0.39, 0.29) is 0 Å². The van der Waals surface area contributed by atoms with E-state index in [4.69, 9.17) is 23.2 Å². The summed E-state index contributed by atoms with van der Waals surface area (Å²) in [7, 11) is 0. The number of hydrogen-bond acceptors (Lipinski definition) is 0. The van der Waals surface area contributed by atoms with Gasteiger partial charge in [-0.2, -0.15) is 0 Å². The Hall–Kier alpha value is -5.40. The topological polar surface area (TPSA) is 0 Å². The van der Waals surface area contributed by atoms with Crippen molar-refractivity contribution in [1.82, 2.24) is 0 Å². The lowest BCUT2D eigenvalue weighted by atomic mass is 9.81. The SMILES string of the molecule is Clc1ccc(Cl)c2c(-c3ccc4cccc5c4c3-c3ccccc3-5)c3ccccc3c(-c3ccc4cccc5c4c3-c3ccccc3-5)c12. The molecule has 9 aromatic carbocycles. The highest BCUT2D eigenvalue weighted by atomic mass is 35.5. The van der Waals surface area contributed by atoms with E-state index in [2.05, 4.69) is 133 Å². The molecular formula is C46H24Cl2. The Labute approximate surface area is 287 Å². The first-order valence-electron chi connectivity index (χ1n) is 16.3. The minimum Gasteiger partial charge on any atom is -0.0836 e. The molecule has 0 aliphatic heterocycles. The van der Waals surface area contributed by atoms with Gasteiger partial charge >= 0.3 is 0 Å². The summed E-state index contributed by atoms with van der Waals surface area (Å²) in [6.07, 6.45) is 0. The van der Waals surface area contributed by atoms with Crippen LogP contribution in [-0.2, 0) is 0 Å². The summed E-state index contributed by atoms with van der Waals surface area (Å²) in [5, 5.41) is 10.8. The molecule has 0 amide bonds. The van der Waals surface area contributed by atoms with Crippen LogP contribution in [0.5, 0.6) is 0 Å². The van der Waals surface area contributed by atoms with Crippen molar-refractivity contribution >= 4 is 66.3 Å². The summed E-state index contributed by atoms with van der Waals surface area (Å²) >= 11 is 14.7. The molecular weight excluding hydrogens is 623 g/mol. The van der Waals surface area contributed by atoms with Crippen LogP contribution in [0, 0.1) is 0 Å². The largest absolute Gasteiger partial charge is 0.0836 e. The van der Waals surface area contributed by atoms with E-state index in [1.807, 2.05) is 12.1 Å². The quantitative estimate of drug-likeness (QED) is 0.164. The van der Waals surface area contributed by atoms with Crippen molar-refractivity contribution < 1.29 is 0 Å². The fourth-order valence-corrected chi connectivity index (χ4v) is 9.35. The second-order valence-electron chi connectivity index (χ2n) is 12.9. The Morgan fingerprint density at radius 3 is 1.10 bits per heavy atom. The van der Waals surface area contributed by atoms with Gasteiger partial charge in [-0.15, -0.1) is 0 Å². The van der Waals surface area contributed by atoms with E-state index in [0.717, 1.165) is 32.7 Å². The third-order valence-electron chi connectivity index (χ3n) is 10.7. The van der Waals surface area contributed by atoms with Crippen molar-refractivity contribution in [3.8, 4) is 66.8 Å². The molecule has 0 N–H and O–H groups in total. The van der Waals surface area contributed by atoms with E-state index in [1.165, 1.54) is 77.2 Å². The molecule has 0 saturated carbocycles. The van der Waals surface area contributed by atoms with Gasteiger partial charge in [-0.3, -0.25) is 0 Å². The van der Waals surface area contributed by atoms with Crippen molar-refractivity contribution in [2.24, 2.45) is 0 Å². The molecule has 9 aromatic rings. The second-order valence-corrected chi connectivity index (χ2v) is 13.8. The van der Waals surface area contributed by atoms with Gasteiger partial charge in [0.25, 0.3) is 0 Å². The molecule has 0 aromatic heterocycles. The van der Waals surface area contributed by atoms with Crippen LogP contribution in [0.3, 0.4) is 0 Å². The van der Waals surface area contributed by atoms with Crippen LogP contribution < -0.4 is 0 Å². The van der Waals surface area contributed by atoms with Gasteiger partial charge in [-0.1, -0.05) is 157 Å². The molecule has 222 valence electrons. The molecule has 0 fully saturated rings. The molecule has 2 aliphatic carbocycles. The molecule has 48 heavy (non-hydrogen) atoms. The van der Waals surface area contributed by atoms with Gasteiger partial charge in [-0.05, 0) is 111 Å². The number of benzene rings is 9. The van der Waals surface area contributed by atoms with E-state index in [0.29, 0.717) is 10.0 Å². The van der Waals surface area contributed by atoms with Crippen LogP contribution >= 0.6 is 23.2 Å². The summed E-state index contributed by atoms with van der Waals surface area (Å²) in [6, 6.07) is 52.7. The van der Waals surface area contributed by atoms with E-state index < -0.39 is 0 Å². The first-order chi connectivity index (χ1) is 23.7. The molecule has 0 heterocycles. The van der Waals surface area contributed by atoms with Crippen LogP contribution in [0.15, 0.2) is 146 Å². The molecule has 2 heteroatoms. The number of rotatable bonds is 2. The summed E-state index contributed by atoms with van der Waals surface area (Å²) in [4.78, 5) is 0. The Bertz CT molecular complexity index is 2710. The van der Waals surface area contributed by atoms with Crippen LogP contribution in [0.25, 0.3) is 110 Å². The smallest absolute Gasteiger partial charge is 0.0492 e. The Kier molecular flexibility index (Phi) is 5.32. The maximum absolute atomic E-state index is 7.37. The Morgan fingerprint density at radius 1 is 0.250 bits per heavy atom. The third-order valence-corrected chi connectivity index (χ3v) is 11.3. The summed E-state index contributed by atoms with van der Waals surface area (Å²) in [6.45, 7) is 0. The van der Waals surface area contributed by atoms with E-state index >= 15 is 0 Å². The van der Waals surface area contributed by atoms with Gasteiger partial charge in [0.2, 0.25) is 0 Å². The van der Waals surface area contributed by atoms with Gasteiger partial charge in [0.05, 0.1) is 0 Å². The summed E-state index contributed by atoms with van der Waals surface area (Å²) < 4.78 is 0. The Balaban J connectivity index is 1.34. The van der Waals surface area contributed by atoms with Gasteiger partial charge in [-0.25, -0.2) is 0 Å². The highest BCUT2D eigenvalue weighted by molar-refractivity contribution is 6.45. The molecule has 0 radical (unpaired) electrons. The van der Waals surface area contributed by atoms with Crippen molar-refractivity contribution in [1.29, 1.82) is 0 Å². The lowest BCUT2D eigenvalue weighted by Gasteiger charge is -2.22. The fraction of sp³-hybridized carbons (Fsp3) is 0. The first kappa shape index (κ1) is 26.6. The molecule has 0 unspecified atom stereocenters. The average Bonchev–Trinajstić information content (AvgIpc) is 3.66. The zero-order valence-corrected chi connectivity index (χ0v) is 27.1. The van der Waals surface area contributed by atoms with Gasteiger partial charge in [0.1, 0.15) is 0 Å². The third kappa shape index (κ3) is 3.31. The zero-order chi connectivity index (χ0) is 31.7. The highest BCUT2D eigenvalue weighted by Crippen LogP contribution is 2.58. The van der Waals surface area contributed by atoms with E-state index in [9.17, 15) is 0 Å². The second kappa shape index (κ2) is 9.58. The molecule has 2 aliphatic rings. The highest BCUT2D eigenvalue weighted by Gasteiger charge is 2.30. The van der Waals surface area contributed by atoms with Crippen molar-refractivity contribution in [2.45, 2.75) is 0 Å². The van der Waals surface area contributed by atoms with Gasteiger partial charge < -0.3 is 0 Å². The molecule has 0 bridgehead atoms. The summed E-state index contributed by atoms with van der Waals surface area (Å²) in [5.74, 6) is 0. The lowest BCUT2D eigenvalue weighted by Crippen LogP contribution is -1.95. The monoisotopic (exact) mass is 646 g/mol. The van der Waals surface area contributed by atoms with Gasteiger partial charge in [0.15, 0.2) is 0 Å². The Morgan fingerprint density at radius 2 is 0.646 bits per heavy atom. The van der Waals surface area contributed by atoms with Crippen molar-refractivity contribution in [3.63, 3.8) is 0 Å². The van der Waals surface area contributed by atoms with Crippen LogP contribution in [0.4, 0.5) is 0 Å². The predicted octanol–water partition coefficient (Wildman–Crippen LogP) is 14.2. The van der Waals surface area contributed by atoms with Gasteiger partial charge in [0, 0.05) is 20.8 Å². The molecule has 0 atom stereocenters. The molecule has 0 nitrogen and oxygen atoms in total. The normalized spacial score (nSPS) is 12.4. The summed E-state index contributed by atoms with van der Waals surface area (Å²) in [5.41, 5.74) is 14.7. The predicted molar refractivity (Wildman–Crippen MR) is 206 cm³/mol. The minimum absolute atomic E-state index is 0.696. The molecule has 11 rings (SSSR count). The number of fused-ring (bicyclic) bond motifs is 8. The molecule has 0 spiro atoms. The molecule has 0 saturated heterocycles. The first-order valence-corrected chi connectivity index (χ1v) is 17.1. The van der Waals surface area contributed by atoms with Crippen LogP contribution in [-0.4, -0.2) is 0 Å². The van der Waals surface area contributed by atoms with Crippen molar-refractivity contribution in [3.05, 3.63) is 156 Å². The maximum atomic E-state index is 7.37. The van der Waals surface area contributed by atoms with Crippen molar-refractivity contribution in [2.75, 3.05) is 0 Å². The lowest BCUT2D eigenvalue weighted by molar-refractivity contribution is 1.66. The maximum Gasteiger partial charge on any atom is 0.0492 e.